The molecule has 1 spiro atoms. The number of aryl methyl sites for hydroxylation is 1. The lowest BCUT2D eigenvalue weighted by Gasteiger charge is -2.62. The molecule has 0 aromatic heterocycles. The first-order valence-corrected chi connectivity index (χ1v) is 22.1. The van der Waals surface area contributed by atoms with Crippen molar-refractivity contribution in [3.63, 3.8) is 0 Å². The van der Waals surface area contributed by atoms with E-state index in [0.29, 0.717) is 83.2 Å². The maximum absolute atomic E-state index is 14.9. The molecule has 0 amide bonds. The van der Waals surface area contributed by atoms with E-state index in [1.54, 1.807) is 19.2 Å². The number of aromatic hydroxyl groups is 1. The SMILES string of the molecule is CCCC(=O)Oc1c(C)c2c(c3c1[C@H]1SC[C@]4(NCCc5cc(O)c(OC)cc54)C(=O)OC[C@@H]3N3C1[C@@H]1c4c(cc(C)c(OC)c4OC(=O)CCC)C[C@H]([C@@H]3O)N1C)OCO2. The van der Waals surface area contributed by atoms with Gasteiger partial charge in [-0.05, 0) is 81.0 Å². The molecule has 15 nitrogen and oxygen atoms in total. The van der Waals surface area contributed by atoms with Crippen molar-refractivity contribution in [2.75, 3.05) is 47.0 Å². The Morgan fingerprint density at radius 2 is 1.66 bits per heavy atom. The number of esters is 3. The molecule has 1 unspecified atom stereocenters. The van der Waals surface area contributed by atoms with Crippen molar-refractivity contribution in [2.45, 2.75) is 107 Å². The van der Waals surface area contributed by atoms with Crippen LogP contribution in [0.25, 0.3) is 0 Å². The molecule has 4 bridgehead atoms. The van der Waals surface area contributed by atoms with Crippen LogP contribution in [0.1, 0.15) is 101 Å². The highest BCUT2D eigenvalue weighted by atomic mass is 32.2. The summed E-state index contributed by atoms with van der Waals surface area (Å²) in [5, 5.41) is 26.6. The predicted octanol–water partition coefficient (Wildman–Crippen LogP) is 5.19. The van der Waals surface area contributed by atoms with Crippen LogP contribution in [-0.4, -0.2) is 103 Å². The smallest absolute Gasteiger partial charge is 0.331 e. The van der Waals surface area contributed by atoms with E-state index in [4.69, 9.17) is 33.2 Å². The second-order valence-corrected chi connectivity index (χ2v) is 17.9. The summed E-state index contributed by atoms with van der Waals surface area (Å²) in [6.07, 6.45) is 1.46. The van der Waals surface area contributed by atoms with Crippen molar-refractivity contribution >= 4 is 29.7 Å². The van der Waals surface area contributed by atoms with Crippen molar-refractivity contribution in [3.8, 4) is 40.2 Å². The van der Waals surface area contributed by atoms with E-state index in [0.717, 1.165) is 22.3 Å². The number of hydrogen-bond donors (Lipinski definition) is 3. The fourth-order valence-electron chi connectivity index (χ4n) is 10.7. The van der Waals surface area contributed by atoms with Crippen LogP contribution in [0.2, 0.25) is 0 Å². The van der Waals surface area contributed by atoms with Crippen LogP contribution in [0.15, 0.2) is 18.2 Å². The number of phenols is 1. The monoisotopic (exact) mass is 859 g/mol. The van der Waals surface area contributed by atoms with E-state index >= 15 is 0 Å². The van der Waals surface area contributed by atoms with Crippen LogP contribution in [-0.2, 0) is 37.5 Å². The van der Waals surface area contributed by atoms with E-state index in [-0.39, 0.29) is 49.5 Å². The summed E-state index contributed by atoms with van der Waals surface area (Å²) in [6.45, 7) is 7.75. The number of thioether (sulfide) groups is 1. The van der Waals surface area contributed by atoms with Crippen LogP contribution in [0.4, 0.5) is 0 Å². The number of aliphatic hydroxyl groups excluding tert-OH is 1. The zero-order chi connectivity index (χ0) is 43.1. The number of aliphatic hydroxyl groups is 1. The number of piperazine rings is 1. The predicted molar refractivity (Wildman–Crippen MR) is 223 cm³/mol. The van der Waals surface area contributed by atoms with Crippen LogP contribution < -0.4 is 33.7 Å². The van der Waals surface area contributed by atoms with E-state index in [1.165, 1.54) is 18.9 Å². The molecule has 0 aliphatic carbocycles. The highest BCUT2D eigenvalue weighted by molar-refractivity contribution is 7.99. The first-order valence-electron chi connectivity index (χ1n) is 21.1. The maximum atomic E-state index is 14.9. The molecule has 16 heteroatoms. The van der Waals surface area contributed by atoms with E-state index in [9.17, 15) is 24.6 Å². The summed E-state index contributed by atoms with van der Waals surface area (Å²) in [4.78, 5) is 46.2. The van der Waals surface area contributed by atoms with Gasteiger partial charge in [-0.2, -0.15) is 0 Å². The zero-order valence-corrected chi connectivity index (χ0v) is 36.4. The zero-order valence-electron chi connectivity index (χ0n) is 35.5. The summed E-state index contributed by atoms with van der Waals surface area (Å²) < 4.78 is 43.2. The first kappa shape index (κ1) is 41.6. The fourth-order valence-corrected chi connectivity index (χ4v) is 12.4. The molecule has 2 fully saturated rings. The Morgan fingerprint density at radius 1 is 0.934 bits per heavy atom. The second kappa shape index (κ2) is 15.9. The first-order chi connectivity index (χ1) is 29.4. The minimum atomic E-state index is -1.39. The molecule has 2 saturated heterocycles. The summed E-state index contributed by atoms with van der Waals surface area (Å²) in [6, 6.07) is 3.03. The van der Waals surface area contributed by atoms with Crippen LogP contribution in [0, 0.1) is 13.8 Å². The van der Waals surface area contributed by atoms with E-state index < -0.39 is 53.1 Å². The maximum Gasteiger partial charge on any atom is 0.331 e. The number of phenolic OH excluding ortho intramolecular Hbond substituents is 1. The minimum absolute atomic E-state index is 0.0289. The van der Waals surface area contributed by atoms with Crippen molar-refractivity contribution in [1.82, 2.24) is 15.1 Å². The largest absolute Gasteiger partial charge is 0.504 e. The lowest BCUT2D eigenvalue weighted by atomic mass is 9.73. The van der Waals surface area contributed by atoms with Crippen molar-refractivity contribution in [1.29, 1.82) is 0 Å². The van der Waals surface area contributed by atoms with Gasteiger partial charge in [0.2, 0.25) is 6.79 Å². The normalized spacial score (nSPS) is 27.3. The number of methoxy groups -OCH3 is 2. The molecule has 10 rings (SSSR count). The highest BCUT2D eigenvalue weighted by Gasteiger charge is 2.61. The second-order valence-electron chi connectivity index (χ2n) is 16.8. The average molecular weight is 860 g/mol. The third-order valence-electron chi connectivity index (χ3n) is 13.3. The summed E-state index contributed by atoms with van der Waals surface area (Å²) >= 11 is 1.48. The molecule has 7 aliphatic heterocycles. The molecule has 7 atom stereocenters. The van der Waals surface area contributed by atoms with Crippen molar-refractivity contribution in [3.05, 3.63) is 62.7 Å². The van der Waals surface area contributed by atoms with E-state index in [2.05, 4.69) is 16.3 Å². The highest BCUT2D eigenvalue weighted by Crippen LogP contribution is 2.64. The lowest BCUT2D eigenvalue weighted by Crippen LogP contribution is -2.70. The molecule has 3 N–H and O–H groups in total. The lowest BCUT2D eigenvalue weighted by molar-refractivity contribution is -0.186. The molecule has 0 saturated carbocycles. The minimum Gasteiger partial charge on any atom is -0.504 e. The topological polar surface area (TPSA) is 175 Å². The number of nitrogens with zero attached hydrogens (tertiary/aromatic N) is 2. The molecule has 61 heavy (non-hydrogen) atoms. The van der Waals surface area contributed by atoms with Gasteiger partial charge in [-0.1, -0.05) is 19.9 Å². The summed E-state index contributed by atoms with van der Waals surface area (Å²) in [5.74, 6) is 1.02. The third-order valence-corrected chi connectivity index (χ3v) is 14.8. The number of nitrogens with one attached hydrogen (secondary N) is 1. The van der Waals surface area contributed by atoms with Gasteiger partial charge in [-0.3, -0.25) is 24.7 Å². The Kier molecular flexibility index (Phi) is 10.8. The van der Waals surface area contributed by atoms with Gasteiger partial charge in [0.05, 0.1) is 37.6 Å². The molecule has 3 aromatic carbocycles. The molecule has 0 radical (unpaired) electrons. The summed E-state index contributed by atoms with van der Waals surface area (Å²) in [7, 11) is 5.01. The molecule has 326 valence electrons. The molecular weight excluding hydrogens is 807 g/mol. The number of carbonyl (C=O) groups excluding carboxylic acids is 3. The Balaban J connectivity index is 1.32. The Labute approximate surface area is 358 Å². The third kappa shape index (κ3) is 6.34. The van der Waals surface area contributed by atoms with Crippen molar-refractivity contribution in [2.24, 2.45) is 0 Å². The van der Waals surface area contributed by atoms with Gasteiger partial charge in [0.15, 0.2) is 40.0 Å². The molecular formula is C45H53N3O12S. The van der Waals surface area contributed by atoms with Crippen LogP contribution in [0.3, 0.4) is 0 Å². The van der Waals surface area contributed by atoms with Gasteiger partial charge < -0.3 is 43.4 Å². The van der Waals surface area contributed by atoms with Crippen LogP contribution in [0.5, 0.6) is 40.2 Å². The number of hydrogen-bond acceptors (Lipinski definition) is 16. The van der Waals surface area contributed by atoms with Gasteiger partial charge in [-0.25, -0.2) is 4.79 Å². The Morgan fingerprint density at radius 3 is 2.36 bits per heavy atom. The quantitative estimate of drug-likeness (QED) is 0.199. The summed E-state index contributed by atoms with van der Waals surface area (Å²) in [5.41, 5.74) is 4.42. The van der Waals surface area contributed by atoms with Gasteiger partial charge in [0.1, 0.15) is 18.6 Å². The number of ether oxygens (including phenoxy) is 7. The Bertz CT molecular complexity index is 2320. The number of carbonyl (C=O) groups is 3. The van der Waals surface area contributed by atoms with Gasteiger partial charge in [-0.15, -0.1) is 11.8 Å². The van der Waals surface area contributed by atoms with E-state index in [1.807, 2.05) is 39.6 Å². The van der Waals surface area contributed by atoms with Gasteiger partial charge in [0, 0.05) is 53.4 Å². The van der Waals surface area contributed by atoms with Gasteiger partial charge >= 0.3 is 17.9 Å². The fraction of sp³-hybridized carbons (Fsp3) is 0.533. The molecule has 7 heterocycles. The van der Waals surface area contributed by atoms with Crippen molar-refractivity contribution < 1.29 is 57.8 Å². The standard InChI is InChI=1S/C45H53N3O12S/c1-8-10-30(50)59-38-22(4)39-40(58-20-57-39)33-27-18-56-44(53)45(25-17-29(54-6)28(49)16-23(25)12-13-46-45)19-61-42(34(33)38)36-35-32-24(15-26(47(35)5)43(52)48(27)36)14-21(3)37(55-7)41(32)60-31(51)11-9-2/h14,16-17,26-27,35-36,42-43,46,49,52H,8-13,15,18-20H2,1-7H3/t26-,27+,35+,36?,42-,43+,45-/m1/s1. The average Bonchev–Trinajstić information content (AvgIpc) is 3.73. The van der Waals surface area contributed by atoms with Gasteiger partial charge in [0.25, 0.3) is 0 Å². The number of benzene rings is 3. The van der Waals surface area contributed by atoms with Crippen LogP contribution >= 0.6 is 11.8 Å². The molecule has 3 aromatic rings. The molecule has 7 aliphatic rings. The number of likely N-dealkylation sites (N-methyl/N-ethyl adjacent to an activating group) is 1. The Hall–Kier alpha value is -4.74. The number of fused-ring (bicyclic) bond motifs is 9. The number of rotatable bonds is 8.